The molecule has 0 aromatic carbocycles. The van der Waals surface area contributed by atoms with Gasteiger partial charge in [-0.2, -0.15) is 0 Å². The topological polar surface area (TPSA) is 15.3 Å². The Bertz CT molecular complexity index is 293. The molecular weight excluding hydrogens is 240 g/mol. The number of nitrogens with zero attached hydrogens (tertiary/aromatic N) is 1. The molecule has 0 aliphatic heterocycles. The van der Waals surface area contributed by atoms with Crippen LogP contribution in [-0.4, -0.2) is 30.1 Å². The summed E-state index contributed by atoms with van der Waals surface area (Å²) in [6.45, 7) is 12.4. The number of nitrogens with one attached hydrogen (secondary N) is 1. The SMILES string of the molecule is CCC(CC)NCC(C)N(CC)Cc1cccs1. The standard InChI is InChI=1S/C15H28N2S/c1-5-14(6-2)16-11-13(4)17(7-3)12-15-9-8-10-18-15/h8-10,13-14,16H,5-7,11-12H2,1-4H3. The minimum atomic E-state index is 0.595. The predicted molar refractivity (Wildman–Crippen MR) is 82.2 cm³/mol. The van der Waals surface area contributed by atoms with Gasteiger partial charge >= 0.3 is 0 Å². The van der Waals surface area contributed by atoms with Crippen molar-refractivity contribution in [1.82, 2.24) is 10.2 Å². The first kappa shape index (κ1) is 15.7. The Labute approximate surface area is 116 Å². The summed E-state index contributed by atoms with van der Waals surface area (Å²) < 4.78 is 0. The molecule has 2 nitrogen and oxygen atoms in total. The van der Waals surface area contributed by atoms with Crippen LogP contribution in [0.5, 0.6) is 0 Å². The highest BCUT2D eigenvalue weighted by Gasteiger charge is 2.14. The molecule has 3 heteroatoms. The van der Waals surface area contributed by atoms with Crippen LogP contribution in [0.1, 0.15) is 45.4 Å². The average Bonchev–Trinajstić information content (AvgIpc) is 2.89. The molecule has 0 aliphatic rings. The van der Waals surface area contributed by atoms with E-state index in [0.717, 1.165) is 19.6 Å². The van der Waals surface area contributed by atoms with Gasteiger partial charge in [-0.1, -0.05) is 26.8 Å². The Morgan fingerprint density at radius 3 is 2.50 bits per heavy atom. The molecule has 1 aromatic rings. The van der Waals surface area contributed by atoms with E-state index in [9.17, 15) is 0 Å². The molecule has 1 rings (SSSR count). The minimum absolute atomic E-state index is 0.595. The maximum atomic E-state index is 3.67. The van der Waals surface area contributed by atoms with Gasteiger partial charge in [0.05, 0.1) is 0 Å². The molecule has 0 radical (unpaired) electrons. The highest BCUT2D eigenvalue weighted by atomic mass is 32.1. The second kappa shape index (κ2) is 8.68. The fraction of sp³-hybridized carbons (Fsp3) is 0.733. The number of likely N-dealkylation sites (N-methyl/N-ethyl adjacent to an activating group) is 1. The number of hydrogen-bond acceptors (Lipinski definition) is 3. The number of thiophene rings is 1. The van der Waals surface area contributed by atoms with Crippen LogP contribution >= 0.6 is 11.3 Å². The molecule has 0 bridgehead atoms. The lowest BCUT2D eigenvalue weighted by Crippen LogP contribution is -2.42. The quantitative estimate of drug-likeness (QED) is 0.734. The Kier molecular flexibility index (Phi) is 7.56. The van der Waals surface area contributed by atoms with Crippen LogP contribution in [0, 0.1) is 0 Å². The first-order valence-corrected chi connectivity index (χ1v) is 8.08. The van der Waals surface area contributed by atoms with Crippen LogP contribution in [0.25, 0.3) is 0 Å². The molecule has 0 fully saturated rings. The third-order valence-electron chi connectivity index (χ3n) is 3.66. The van der Waals surface area contributed by atoms with E-state index in [2.05, 4.69) is 55.4 Å². The zero-order chi connectivity index (χ0) is 13.4. The van der Waals surface area contributed by atoms with Crippen molar-refractivity contribution < 1.29 is 0 Å². The maximum Gasteiger partial charge on any atom is 0.0331 e. The van der Waals surface area contributed by atoms with Gasteiger partial charge in [0.1, 0.15) is 0 Å². The Morgan fingerprint density at radius 2 is 2.00 bits per heavy atom. The van der Waals surface area contributed by atoms with E-state index in [1.807, 2.05) is 11.3 Å². The highest BCUT2D eigenvalue weighted by Crippen LogP contribution is 2.13. The van der Waals surface area contributed by atoms with E-state index in [1.54, 1.807) is 0 Å². The van der Waals surface area contributed by atoms with Crippen molar-refractivity contribution in [3.05, 3.63) is 22.4 Å². The second-order valence-corrected chi connectivity index (χ2v) is 5.95. The van der Waals surface area contributed by atoms with Crippen molar-refractivity contribution in [2.24, 2.45) is 0 Å². The number of rotatable bonds is 9. The lowest BCUT2D eigenvalue weighted by Gasteiger charge is -2.29. The Balaban J connectivity index is 2.39. The molecule has 1 N–H and O–H groups in total. The van der Waals surface area contributed by atoms with E-state index in [0.29, 0.717) is 12.1 Å². The van der Waals surface area contributed by atoms with Crippen molar-refractivity contribution in [2.75, 3.05) is 13.1 Å². The van der Waals surface area contributed by atoms with Crippen molar-refractivity contribution in [3.8, 4) is 0 Å². The van der Waals surface area contributed by atoms with Crippen molar-refractivity contribution >= 4 is 11.3 Å². The molecule has 0 aliphatic carbocycles. The first-order chi connectivity index (χ1) is 8.71. The molecule has 1 aromatic heterocycles. The molecule has 0 amide bonds. The van der Waals surface area contributed by atoms with E-state index >= 15 is 0 Å². The molecule has 1 heterocycles. The lowest BCUT2D eigenvalue weighted by molar-refractivity contribution is 0.202. The summed E-state index contributed by atoms with van der Waals surface area (Å²) in [6.07, 6.45) is 2.44. The maximum absolute atomic E-state index is 3.67. The highest BCUT2D eigenvalue weighted by molar-refractivity contribution is 7.09. The third kappa shape index (κ3) is 5.09. The predicted octanol–water partition coefficient (Wildman–Crippen LogP) is 3.74. The van der Waals surface area contributed by atoms with E-state index in [4.69, 9.17) is 0 Å². The summed E-state index contributed by atoms with van der Waals surface area (Å²) in [6, 6.07) is 5.64. The molecular formula is C15H28N2S. The van der Waals surface area contributed by atoms with Crippen LogP contribution in [0.2, 0.25) is 0 Å². The summed E-state index contributed by atoms with van der Waals surface area (Å²) in [5.41, 5.74) is 0. The summed E-state index contributed by atoms with van der Waals surface area (Å²) in [5, 5.41) is 5.84. The van der Waals surface area contributed by atoms with Gasteiger partial charge in [-0.3, -0.25) is 4.90 Å². The third-order valence-corrected chi connectivity index (χ3v) is 4.52. The fourth-order valence-electron chi connectivity index (χ4n) is 2.23. The summed E-state index contributed by atoms with van der Waals surface area (Å²) in [5.74, 6) is 0. The molecule has 104 valence electrons. The summed E-state index contributed by atoms with van der Waals surface area (Å²) in [4.78, 5) is 4.01. The molecule has 0 saturated carbocycles. The van der Waals surface area contributed by atoms with Crippen LogP contribution in [0.15, 0.2) is 17.5 Å². The summed E-state index contributed by atoms with van der Waals surface area (Å²) >= 11 is 1.86. The fourth-order valence-corrected chi connectivity index (χ4v) is 2.96. The molecule has 18 heavy (non-hydrogen) atoms. The smallest absolute Gasteiger partial charge is 0.0331 e. The van der Waals surface area contributed by atoms with Gasteiger partial charge in [-0.05, 0) is 37.8 Å². The van der Waals surface area contributed by atoms with Gasteiger partial charge in [-0.15, -0.1) is 11.3 Å². The normalized spacial score (nSPS) is 13.4. The van der Waals surface area contributed by atoms with E-state index in [-0.39, 0.29) is 0 Å². The van der Waals surface area contributed by atoms with Gasteiger partial charge < -0.3 is 5.32 Å². The van der Waals surface area contributed by atoms with Crippen LogP contribution in [-0.2, 0) is 6.54 Å². The van der Waals surface area contributed by atoms with Crippen molar-refractivity contribution in [2.45, 2.75) is 59.2 Å². The van der Waals surface area contributed by atoms with Gasteiger partial charge in [0.25, 0.3) is 0 Å². The van der Waals surface area contributed by atoms with Gasteiger partial charge in [0, 0.05) is 30.1 Å². The Morgan fingerprint density at radius 1 is 1.28 bits per heavy atom. The van der Waals surface area contributed by atoms with Crippen molar-refractivity contribution in [3.63, 3.8) is 0 Å². The zero-order valence-electron chi connectivity index (χ0n) is 12.3. The van der Waals surface area contributed by atoms with E-state index < -0.39 is 0 Å². The van der Waals surface area contributed by atoms with Crippen LogP contribution in [0.4, 0.5) is 0 Å². The van der Waals surface area contributed by atoms with Gasteiger partial charge in [-0.25, -0.2) is 0 Å². The van der Waals surface area contributed by atoms with E-state index in [1.165, 1.54) is 17.7 Å². The Hall–Kier alpha value is -0.380. The molecule has 0 saturated heterocycles. The molecule has 1 unspecified atom stereocenters. The van der Waals surface area contributed by atoms with Gasteiger partial charge in [0.15, 0.2) is 0 Å². The molecule has 1 atom stereocenters. The lowest BCUT2D eigenvalue weighted by atomic mass is 10.1. The largest absolute Gasteiger partial charge is 0.312 e. The van der Waals surface area contributed by atoms with Crippen molar-refractivity contribution in [1.29, 1.82) is 0 Å². The minimum Gasteiger partial charge on any atom is -0.312 e. The first-order valence-electron chi connectivity index (χ1n) is 7.21. The zero-order valence-corrected chi connectivity index (χ0v) is 13.1. The van der Waals surface area contributed by atoms with Crippen LogP contribution in [0.3, 0.4) is 0 Å². The number of hydrogen-bond donors (Lipinski definition) is 1. The summed E-state index contributed by atoms with van der Waals surface area (Å²) in [7, 11) is 0. The van der Waals surface area contributed by atoms with Crippen LogP contribution < -0.4 is 5.32 Å². The second-order valence-electron chi connectivity index (χ2n) is 4.91. The molecule has 0 spiro atoms. The van der Waals surface area contributed by atoms with Gasteiger partial charge in [0.2, 0.25) is 0 Å². The average molecular weight is 268 g/mol. The monoisotopic (exact) mass is 268 g/mol.